The summed E-state index contributed by atoms with van der Waals surface area (Å²) >= 11 is 0. The summed E-state index contributed by atoms with van der Waals surface area (Å²) in [6.07, 6.45) is 7.42. The van der Waals surface area contributed by atoms with Crippen molar-refractivity contribution in [3.05, 3.63) is 18.5 Å². The number of rotatable bonds is 5. The Morgan fingerprint density at radius 2 is 2.05 bits per heavy atom. The molecule has 0 aliphatic carbocycles. The largest absolute Gasteiger partial charge is 0.396 e. The second-order valence-electron chi connectivity index (χ2n) is 5.26. The van der Waals surface area contributed by atoms with E-state index in [1.54, 1.807) is 12.4 Å². The van der Waals surface area contributed by atoms with Crippen molar-refractivity contribution >= 4 is 17.3 Å². The zero-order chi connectivity index (χ0) is 14.4. The Bertz CT molecular complexity index is 441. The molecule has 2 N–H and O–H groups in total. The van der Waals surface area contributed by atoms with Crippen molar-refractivity contribution in [2.45, 2.75) is 32.6 Å². The lowest BCUT2D eigenvalue weighted by Gasteiger charge is -2.36. The van der Waals surface area contributed by atoms with Gasteiger partial charge in [0.15, 0.2) is 0 Å². The minimum atomic E-state index is 0.292. The molecular formula is C15H24N4O. The second kappa shape index (κ2) is 7.12. The molecule has 1 saturated heterocycles. The molecule has 0 saturated carbocycles. The monoisotopic (exact) mass is 276 g/mol. The summed E-state index contributed by atoms with van der Waals surface area (Å²) in [5.41, 5.74) is 7.67. The van der Waals surface area contributed by atoms with E-state index in [0.717, 1.165) is 51.1 Å². The Morgan fingerprint density at radius 3 is 2.70 bits per heavy atom. The van der Waals surface area contributed by atoms with E-state index >= 15 is 0 Å². The fourth-order valence-corrected chi connectivity index (χ4v) is 2.57. The van der Waals surface area contributed by atoms with E-state index < -0.39 is 0 Å². The quantitative estimate of drug-likeness (QED) is 0.834. The first kappa shape index (κ1) is 14.6. The number of pyridine rings is 1. The van der Waals surface area contributed by atoms with Crippen LogP contribution in [0.2, 0.25) is 0 Å². The fraction of sp³-hybridized carbons (Fsp3) is 0.600. The maximum atomic E-state index is 12.1. The molecule has 1 aliphatic rings. The number of amides is 1. The van der Waals surface area contributed by atoms with E-state index in [2.05, 4.69) is 16.8 Å². The number of nitrogens with zero attached hydrogens (tertiary/aromatic N) is 3. The zero-order valence-electron chi connectivity index (χ0n) is 12.2. The molecule has 2 heterocycles. The summed E-state index contributed by atoms with van der Waals surface area (Å²) in [5.74, 6) is 0.292. The van der Waals surface area contributed by atoms with Crippen molar-refractivity contribution in [3.63, 3.8) is 0 Å². The van der Waals surface area contributed by atoms with Crippen LogP contribution in [0.5, 0.6) is 0 Å². The van der Waals surface area contributed by atoms with Crippen LogP contribution in [0.4, 0.5) is 11.4 Å². The number of nitrogen functional groups attached to an aromatic ring is 1. The Kier molecular flexibility index (Phi) is 5.21. The molecular weight excluding hydrogens is 252 g/mol. The molecule has 5 nitrogen and oxygen atoms in total. The van der Waals surface area contributed by atoms with Gasteiger partial charge in [-0.15, -0.1) is 0 Å². The van der Waals surface area contributed by atoms with E-state index in [0.29, 0.717) is 18.0 Å². The highest BCUT2D eigenvalue weighted by atomic mass is 16.2. The maximum absolute atomic E-state index is 12.1. The lowest BCUT2D eigenvalue weighted by Crippen LogP contribution is -2.48. The van der Waals surface area contributed by atoms with Gasteiger partial charge < -0.3 is 15.5 Å². The first-order valence-corrected chi connectivity index (χ1v) is 7.44. The Labute approximate surface area is 120 Å². The van der Waals surface area contributed by atoms with Crippen LogP contribution in [0, 0.1) is 0 Å². The number of carbonyl (C=O) groups is 1. The number of anilines is 2. The summed E-state index contributed by atoms with van der Waals surface area (Å²) in [6, 6.07) is 1.94. The first-order chi connectivity index (χ1) is 9.72. The molecule has 2 rings (SSSR count). The summed E-state index contributed by atoms with van der Waals surface area (Å²) < 4.78 is 0. The molecule has 0 radical (unpaired) electrons. The standard InChI is InChI=1S/C15H24N4O/c1-2-3-4-5-15(20)19-10-8-18(9-11-19)14-6-7-17-12-13(14)16/h6-7,12H,2-5,8-11,16H2,1H3. The van der Waals surface area contributed by atoms with Crippen molar-refractivity contribution in [2.24, 2.45) is 0 Å². The van der Waals surface area contributed by atoms with Gasteiger partial charge in [-0.1, -0.05) is 19.8 Å². The van der Waals surface area contributed by atoms with Crippen LogP contribution in [0.15, 0.2) is 18.5 Å². The number of nitrogens with two attached hydrogens (primary N) is 1. The zero-order valence-corrected chi connectivity index (χ0v) is 12.2. The predicted octanol–water partition coefficient (Wildman–Crippen LogP) is 1.89. The van der Waals surface area contributed by atoms with Crippen LogP contribution in [-0.4, -0.2) is 42.0 Å². The van der Waals surface area contributed by atoms with Gasteiger partial charge in [-0.25, -0.2) is 0 Å². The minimum absolute atomic E-state index is 0.292. The molecule has 110 valence electrons. The van der Waals surface area contributed by atoms with Gasteiger partial charge in [0.25, 0.3) is 0 Å². The van der Waals surface area contributed by atoms with E-state index in [1.807, 2.05) is 11.0 Å². The van der Waals surface area contributed by atoms with Crippen molar-refractivity contribution < 1.29 is 4.79 Å². The van der Waals surface area contributed by atoms with Gasteiger partial charge in [0.1, 0.15) is 0 Å². The normalized spacial score (nSPS) is 15.4. The second-order valence-corrected chi connectivity index (χ2v) is 5.26. The summed E-state index contributed by atoms with van der Waals surface area (Å²) in [6.45, 7) is 5.41. The summed E-state index contributed by atoms with van der Waals surface area (Å²) in [7, 11) is 0. The van der Waals surface area contributed by atoms with Crippen LogP contribution in [0.1, 0.15) is 32.6 Å². The predicted molar refractivity (Wildman–Crippen MR) is 81.6 cm³/mol. The van der Waals surface area contributed by atoms with Gasteiger partial charge in [0.05, 0.1) is 17.6 Å². The van der Waals surface area contributed by atoms with Crippen molar-refractivity contribution in [3.8, 4) is 0 Å². The van der Waals surface area contributed by atoms with Gasteiger partial charge in [-0.3, -0.25) is 9.78 Å². The smallest absolute Gasteiger partial charge is 0.222 e. The Hall–Kier alpha value is -1.78. The van der Waals surface area contributed by atoms with Crippen LogP contribution in [-0.2, 0) is 4.79 Å². The number of aromatic nitrogens is 1. The van der Waals surface area contributed by atoms with Gasteiger partial charge in [0.2, 0.25) is 5.91 Å². The fourth-order valence-electron chi connectivity index (χ4n) is 2.57. The highest BCUT2D eigenvalue weighted by molar-refractivity contribution is 5.76. The summed E-state index contributed by atoms with van der Waals surface area (Å²) in [5, 5.41) is 0. The van der Waals surface area contributed by atoms with Crippen LogP contribution in [0.3, 0.4) is 0 Å². The van der Waals surface area contributed by atoms with E-state index in [4.69, 9.17) is 5.73 Å². The molecule has 1 aromatic heterocycles. The third kappa shape index (κ3) is 3.62. The summed E-state index contributed by atoms with van der Waals surface area (Å²) in [4.78, 5) is 20.3. The third-order valence-electron chi connectivity index (χ3n) is 3.80. The number of hydrogen-bond acceptors (Lipinski definition) is 4. The van der Waals surface area contributed by atoms with E-state index in [1.165, 1.54) is 0 Å². The minimum Gasteiger partial charge on any atom is -0.396 e. The molecule has 0 unspecified atom stereocenters. The molecule has 1 aromatic rings. The van der Waals surface area contributed by atoms with Gasteiger partial charge in [-0.05, 0) is 12.5 Å². The molecule has 0 bridgehead atoms. The Balaban J connectivity index is 1.83. The lowest BCUT2D eigenvalue weighted by atomic mass is 10.1. The Morgan fingerprint density at radius 1 is 1.30 bits per heavy atom. The molecule has 0 aromatic carbocycles. The number of unbranched alkanes of at least 4 members (excludes halogenated alkanes) is 2. The highest BCUT2D eigenvalue weighted by Gasteiger charge is 2.21. The maximum Gasteiger partial charge on any atom is 0.222 e. The number of piperazine rings is 1. The average molecular weight is 276 g/mol. The number of carbonyl (C=O) groups excluding carboxylic acids is 1. The molecule has 1 amide bonds. The lowest BCUT2D eigenvalue weighted by molar-refractivity contribution is -0.131. The van der Waals surface area contributed by atoms with Crippen LogP contribution < -0.4 is 10.6 Å². The van der Waals surface area contributed by atoms with Gasteiger partial charge in [-0.2, -0.15) is 0 Å². The molecule has 0 spiro atoms. The SMILES string of the molecule is CCCCCC(=O)N1CCN(c2ccncc2N)CC1. The molecule has 0 atom stereocenters. The molecule has 5 heteroatoms. The average Bonchev–Trinajstić information content (AvgIpc) is 2.48. The highest BCUT2D eigenvalue weighted by Crippen LogP contribution is 2.22. The van der Waals surface area contributed by atoms with Crippen LogP contribution in [0.25, 0.3) is 0 Å². The first-order valence-electron chi connectivity index (χ1n) is 7.44. The van der Waals surface area contributed by atoms with Gasteiger partial charge >= 0.3 is 0 Å². The van der Waals surface area contributed by atoms with Crippen molar-refractivity contribution in [2.75, 3.05) is 36.8 Å². The van der Waals surface area contributed by atoms with Crippen LogP contribution >= 0.6 is 0 Å². The molecule has 1 fully saturated rings. The topological polar surface area (TPSA) is 62.5 Å². The van der Waals surface area contributed by atoms with Crippen molar-refractivity contribution in [1.29, 1.82) is 0 Å². The third-order valence-corrected chi connectivity index (χ3v) is 3.80. The number of hydrogen-bond donors (Lipinski definition) is 1. The van der Waals surface area contributed by atoms with Crippen molar-refractivity contribution in [1.82, 2.24) is 9.88 Å². The molecule has 20 heavy (non-hydrogen) atoms. The molecule has 1 aliphatic heterocycles. The van der Waals surface area contributed by atoms with E-state index in [-0.39, 0.29) is 0 Å². The van der Waals surface area contributed by atoms with Gasteiger partial charge in [0, 0.05) is 38.8 Å². The van der Waals surface area contributed by atoms with E-state index in [9.17, 15) is 4.79 Å².